The van der Waals surface area contributed by atoms with Gasteiger partial charge in [0, 0.05) is 23.2 Å². The van der Waals surface area contributed by atoms with Crippen LogP contribution in [-0.4, -0.2) is 21.3 Å². The number of hydrogen-bond acceptors (Lipinski definition) is 3. The van der Waals surface area contributed by atoms with Gasteiger partial charge in [-0.25, -0.2) is 10.2 Å². The predicted octanol–water partition coefficient (Wildman–Crippen LogP) is 2.25. The van der Waals surface area contributed by atoms with Crippen molar-refractivity contribution in [1.29, 1.82) is 0 Å². The van der Waals surface area contributed by atoms with E-state index in [9.17, 15) is 9.59 Å². The number of imidazole rings is 1. The Morgan fingerprint density at radius 3 is 2.62 bits per heavy atom. The molecule has 0 unspecified atom stereocenters. The van der Waals surface area contributed by atoms with E-state index >= 15 is 0 Å². The highest BCUT2D eigenvalue weighted by Gasteiger charge is 2.07. The number of aryl methyl sites for hydroxylation is 2. The molecule has 0 aliphatic heterocycles. The number of halogens is 1. The number of benzene rings is 2. The number of nitrogens with one attached hydrogen (secondary N) is 1. The number of carbonyl (C=O) groups is 1. The minimum Gasteiger partial charge on any atom is -0.295 e. The van der Waals surface area contributed by atoms with Gasteiger partial charge in [0.2, 0.25) is 0 Å². The van der Waals surface area contributed by atoms with E-state index in [0.29, 0.717) is 5.56 Å². The summed E-state index contributed by atoms with van der Waals surface area (Å²) in [5, 5.41) is 3.99. The summed E-state index contributed by atoms with van der Waals surface area (Å²) < 4.78 is 4.16. The number of rotatable bonds is 3. The second kappa shape index (κ2) is 6.60. The van der Waals surface area contributed by atoms with E-state index in [4.69, 9.17) is 0 Å². The van der Waals surface area contributed by atoms with Crippen LogP contribution < -0.4 is 11.1 Å². The monoisotopic (exact) mass is 434 g/mol. The molecule has 1 heterocycles. The van der Waals surface area contributed by atoms with Gasteiger partial charge in [-0.15, -0.1) is 0 Å². The summed E-state index contributed by atoms with van der Waals surface area (Å²) in [5.41, 5.74) is 5.45. The molecule has 3 aromatic rings. The van der Waals surface area contributed by atoms with Crippen molar-refractivity contribution in [3.8, 4) is 0 Å². The van der Waals surface area contributed by atoms with Crippen molar-refractivity contribution in [2.75, 3.05) is 0 Å². The Morgan fingerprint density at radius 2 is 1.88 bits per heavy atom. The van der Waals surface area contributed by atoms with Crippen LogP contribution in [0.4, 0.5) is 0 Å². The number of aromatic nitrogens is 2. The van der Waals surface area contributed by atoms with E-state index < -0.39 is 0 Å². The minimum atomic E-state index is -0.266. The third kappa shape index (κ3) is 3.12. The third-order valence-corrected chi connectivity index (χ3v) is 4.43. The molecule has 6 nitrogen and oxygen atoms in total. The van der Waals surface area contributed by atoms with E-state index in [-0.39, 0.29) is 11.6 Å². The van der Waals surface area contributed by atoms with Crippen LogP contribution in [0.3, 0.4) is 0 Å². The maximum absolute atomic E-state index is 12.0. The van der Waals surface area contributed by atoms with Gasteiger partial charge in [-0.3, -0.25) is 13.9 Å². The quantitative estimate of drug-likeness (QED) is 0.391. The number of amides is 1. The lowest BCUT2D eigenvalue weighted by molar-refractivity contribution is 0.0955. The van der Waals surface area contributed by atoms with E-state index in [1.807, 2.05) is 30.3 Å². The van der Waals surface area contributed by atoms with Crippen LogP contribution in [0, 0.1) is 3.57 Å². The molecule has 0 radical (unpaired) electrons. The Morgan fingerprint density at radius 1 is 1.12 bits per heavy atom. The smallest absolute Gasteiger partial charge is 0.295 e. The van der Waals surface area contributed by atoms with Crippen molar-refractivity contribution < 1.29 is 4.79 Å². The molecule has 24 heavy (non-hydrogen) atoms. The molecule has 1 aromatic heterocycles. The summed E-state index contributed by atoms with van der Waals surface area (Å²) in [6.07, 6.45) is 1.56. The SMILES string of the molecule is Cn1c(=O)n(C)c2cc(/C=N/NC(=O)c3cccc(I)c3)ccc21. The molecule has 1 N–H and O–H groups in total. The molecule has 0 aliphatic carbocycles. The van der Waals surface area contributed by atoms with Gasteiger partial charge in [-0.05, 0) is 58.5 Å². The van der Waals surface area contributed by atoms with Crippen LogP contribution in [0.1, 0.15) is 15.9 Å². The van der Waals surface area contributed by atoms with Crippen LogP contribution >= 0.6 is 22.6 Å². The van der Waals surface area contributed by atoms with Gasteiger partial charge in [0.15, 0.2) is 0 Å². The Bertz CT molecular complexity index is 1020. The summed E-state index contributed by atoms with van der Waals surface area (Å²) in [5.74, 6) is -0.266. The highest BCUT2D eigenvalue weighted by atomic mass is 127. The van der Waals surface area contributed by atoms with Crippen LogP contribution in [0.25, 0.3) is 11.0 Å². The topological polar surface area (TPSA) is 68.4 Å². The van der Waals surface area contributed by atoms with Crippen molar-refractivity contribution in [2.24, 2.45) is 19.2 Å². The molecular formula is C17H15IN4O2. The molecular weight excluding hydrogens is 419 g/mol. The summed E-state index contributed by atoms with van der Waals surface area (Å²) in [7, 11) is 3.46. The third-order valence-electron chi connectivity index (χ3n) is 3.76. The Hall–Kier alpha value is -2.42. The van der Waals surface area contributed by atoms with Gasteiger partial charge >= 0.3 is 5.69 Å². The first kappa shape index (κ1) is 16.4. The van der Waals surface area contributed by atoms with Gasteiger partial charge in [0.05, 0.1) is 17.2 Å². The summed E-state index contributed by atoms with van der Waals surface area (Å²) in [6, 6.07) is 12.8. The fourth-order valence-corrected chi connectivity index (χ4v) is 3.01. The number of carbonyl (C=O) groups excluding carboxylic acids is 1. The number of hydrogen-bond donors (Lipinski definition) is 1. The molecule has 0 saturated heterocycles. The predicted molar refractivity (Wildman–Crippen MR) is 102 cm³/mol. The zero-order chi connectivity index (χ0) is 17.3. The normalized spacial score (nSPS) is 11.3. The average molecular weight is 434 g/mol. The summed E-state index contributed by atoms with van der Waals surface area (Å²) in [4.78, 5) is 23.9. The van der Waals surface area contributed by atoms with E-state index in [1.165, 1.54) is 0 Å². The molecule has 3 rings (SSSR count). The van der Waals surface area contributed by atoms with E-state index in [2.05, 4.69) is 33.1 Å². The zero-order valence-electron chi connectivity index (χ0n) is 13.2. The Kier molecular flexibility index (Phi) is 4.52. The van der Waals surface area contributed by atoms with Crippen molar-refractivity contribution in [3.05, 3.63) is 67.6 Å². The van der Waals surface area contributed by atoms with Crippen molar-refractivity contribution in [3.63, 3.8) is 0 Å². The highest BCUT2D eigenvalue weighted by molar-refractivity contribution is 14.1. The molecule has 122 valence electrons. The Labute approximate surface area is 151 Å². The van der Waals surface area contributed by atoms with E-state index in [1.54, 1.807) is 41.6 Å². The zero-order valence-corrected chi connectivity index (χ0v) is 15.3. The van der Waals surface area contributed by atoms with Crippen LogP contribution in [0.2, 0.25) is 0 Å². The summed E-state index contributed by atoms with van der Waals surface area (Å²) >= 11 is 2.15. The van der Waals surface area contributed by atoms with Gasteiger partial charge in [0.25, 0.3) is 5.91 Å². The lowest BCUT2D eigenvalue weighted by Gasteiger charge is -2.01. The maximum Gasteiger partial charge on any atom is 0.328 e. The molecule has 0 saturated carbocycles. The first-order chi connectivity index (χ1) is 11.5. The average Bonchev–Trinajstić information content (AvgIpc) is 2.79. The maximum atomic E-state index is 12.0. The second-order valence-electron chi connectivity index (χ2n) is 5.36. The van der Waals surface area contributed by atoms with Crippen molar-refractivity contribution in [1.82, 2.24) is 14.6 Å². The minimum absolute atomic E-state index is 0.0777. The lowest BCUT2D eigenvalue weighted by atomic mass is 10.2. The van der Waals surface area contributed by atoms with E-state index in [0.717, 1.165) is 20.2 Å². The number of hydrazone groups is 1. The molecule has 2 aromatic carbocycles. The van der Waals surface area contributed by atoms with Gasteiger partial charge in [0.1, 0.15) is 0 Å². The largest absolute Gasteiger partial charge is 0.328 e. The molecule has 1 amide bonds. The van der Waals surface area contributed by atoms with Gasteiger partial charge in [-0.2, -0.15) is 5.10 Å². The lowest BCUT2D eigenvalue weighted by Crippen LogP contribution is -2.19. The molecule has 0 fully saturated rings. The number of nitrogens with zero attached hydrogens (tertiary/aromatic N) is 3. The van der Waals surface area contributed by atoms with Crippen LogP contribution in [-0.2, 0) is 14.1 Å². The summed E-state index contributed by atoms with van der Waals surface area (Å²) in [6.45, 7) is 0. The molecule has 0 atom stereocenters. The highest BCUT2D eigenvalue weighted by Crippen LogP contribution is 2.13. The van der Waals surface area contributed by atoms with Gasteiger partial charge < -0.3 is 0 Å². The molecule has 0 aliphatic rings. The fraction of sp³-hybridized carbons (Fsp3) is 0.118. The standard InChI is InChI=1S/C17H15IN4O2/c1-21-14-7-6-11(8-15(14)22(2)17(21)24)10-19-20-16(23)12-4-3-5-13(18)9-12/h3-10H,1-2H3,(H,20,23)/b19-10+. The van der Waals surface area contributed by atoms with Crippen molar-refractivity contribution in [2.45, 2.75) is 0 Å². The fourth-order valence-electron chi connectivity index (χ4n) is 2.46. The first-order valence-electron chi connectivity index (χ1n) is 7.22. The molecule has 0 spiro atoms. The van der Waals surface area contributed by atoms with Crippen LogP contribution in [0.15, 0.2) is 52.4 Å². The Balaban J connectivity index is 1.80. The second-order valence-corrected chi connectivity index (χ2v) is 6.60. The molecule has 0 bridgehead atoms. The van der Waals surface area contributed by atoms with Gasteiger partial charge in [-0.1, -0.05) is 12.1 Å². The number of fused-ring (bicyclic) bond motifs is 1. The van der Waals surface area contributed by atoms with Crippen molar-refractivity contribution >= 4 is 45.7 Å². The van der Waals surface area contributed by atoms with Crippen LogP contribution in [0.5, 0.6) is 0 Å². The molecule has 7 heteroatoms. The first-order valence-corrected chi connectivity index (χ1v) is 8.29.